The van der Waals surface area contributed by atoms with Crippen molar-refractivity contribution in [3.63, 3.8) is 0 Å². The molecule has 54 valence electrons. The van der Waals surface area contributed by atoms with E-state index >= 15 is 0 Å². The van der Waals surface area contributed by atoms with Gasteiger partial charge < -0.3 is 0 Å². The lowest BCUT2D eigenvalue weighted by Gasteiger charge is -1.99. The van der Waals surface area contributed by atoms with Crippen molar-refractivity contribution < 1.29 is 0 Å². The third-order valence-electron chi connectivity index (χ3n) is 0.990. The monoisotopic (exact) mass is 300 g/mol. The second-order valence-electron chi connectivity index (χ2n) is 1.72. The number of hydrogen-bond acceptors (Lipinski definition) is 1. The van der Waals surface area contributed by atoms with Crippen molar-refractivity contribution in [1.29, 1.82) is 0 Å². The fraction of sp³-hybridized carbons (Fsp3) is 0. The molecule has 0 unspecified atom stereocenters. The van der Waals surface area contributed by atoms with Crippen LogP contribution in [0.25, 0.3) is 0 Å². The minimum atomic E-state index is 0.674. The normalized spacial score (nSPS) is 10.0. The Morgan fingerprint density at radius 3 is 2.30 bits per heavy atom. The number of thiol groups is 1. The predicted octanol–water partition coefficient (Wildman–Crippen LogP) is 4.15. The summed E-state index contributed by atoms with van der Waals surface area (Å²) in [7, 11) is 0. The first-order valence-electron chi connectivity index (χ1n) is 2.45. The van der Waals surface area contributed by atoms with Gasteiger partial charge in [0.1, 0.15) is 0 Å². The van der Waals surface area contributed by atoms with E-state index in [1.807, 2.05) is 6.07 Å². The Bertz CT molecular complexity index is 212. The molecule has 0 atom stereocenters. The molecular weight excluding hydrogens is 299 g/mol. The molecule has 1 aromatic rings. The summed E-state index contributed by atoms with van der Waals surface area (Å²) in [5, 5.41) is 0.674. The molecular formula is C6H3Br2ClS. The molecule has 0 aliphatic carbocycles. The summed E-state index contributed by atoms with van der Waals surface area (Å²) >= 11 is 16.5. The van der Waals surface area contributed by atoms with Crippen molar-refractivity contribution in [1.82, 2.24) is 0 Å². The van der Waals surface area contributed by atoms with E-state index in [4.69, 9.17) is 11.6 Å². The Kier molecular flexibility index (Phi) is 3.10. The second-order valence-corrected chi connectivity index (χ2v) is 4.32. The van der Waals surface area contributed by atoms with Crippen molar-refractivity contribution in [3.8, 4) is 0 Å². The summed E-state index contributed by atoms with van der Waals surface area (Å²) in [6, 6.07) is 3.64. The molecule has 0 spiro atoms. The second kappa shape index (κ2) is 3.48. The minimum Gasteiger partial charge on any atom is -0.142 e. The fourth-order valence-electron chi connectivity index (χ4n) is 0.512. The Hall–Kier alpha value is 0.820. The van der Waals surface area contributed by atoms with Crippen LogP contribution in [0.15, 0.2) is 26.0 Å². The molecule has 0 amide bonds. The van der Waals surface area contributed by atoms with Gasteiger partial charge in [-0.2, -0.15) is 0 Å². The summed E-state index contributed by atoms with van der Waals surface area (Å²) < 4.78 is 1.81. The third kappa shape index (κ3) is 1.91. The maximum absolute atomic E-state index is 5.77. The Labute approximate surface area is 86.6 Å². The standard InChI is InChI=1S/C6H3Br2ClS/c7-3-1-4(8)6(10)2-5(3)9/h1-2,10H. The van der Waals surface area contributed by atoms with Crippen LogP contribution in [0.1, 0.15) is 0 Å². The molecule has 0 radical (unpaired) electrons. The highest BCUT2D eigenvalue weighted by Crippen LogP contribution is 2.31. The topological polar surface area (TPSA) is 0 Å². The van der Waals surface area contributed by atoms with Crippen LogP contribution >= 0.6 is 56.1 Å². The van der Waals surface area contributed by atoms with E-state index in [0.717, 1.165) is 13.8 Å². The maximum Gasteiger partial charge on any atom is 0.0559 e. The van der Waals surface area contributed by atoms with Crippen LogP contribution in [0.5, 0.6) is 0 Å². The summed E-state index contributed by atoms with van der Waals surface area (Å²) in [6.07, 6.45) is 0. The zero-order valence-electron chi connectivity index (χ0n) is 4.74. The van der Waals surface area contributed by atoms with E-state index in [1.54, 1.807) is 6.07 Å². The highest BCUT2D eigenvalue weighted by atomic mass is 79.9. The summed E-state index contributed by atoms with van der Waals surface area (Å²) in [4.78, 5) is 0.841. The van der Waals surface area contributed by atoms with Gasteiger partial charge in [0.15, 0.2) is 0 Å². The molecule has 0 saturated heterocycles. The average Bonchev–Trinajstić information content (AvgIpc) is 1.84. The van der Waals surface area contributed by atoms with Gasteiger partial charge in [0.25, 0.3) is 0 Å². The molecule has 0 N–H and O–H groups in total. The van der Waals surface area contributed by atoms with Crippen LogP contribution in [0.4, 0.5) is 0 Å². The van der Waals surface area contributed by atoms with Crippen molar-refractivity contribution in [3.05, 3.63) is 26.1 Å². The molecule has 0 nitrogen and oxygen atoms in total. The van der Waals surface area contributed by atoms with Crippen molar-refractivity contribution in [2.75, 3.05) is 0 Å². The van der Waals surface area contributed by atoms with Crippen LogP contribution in [0.2, 0.25) is 5.02 Å². The number of benzene rings is 1. The van der Waals surface area contributed by atoms with Gasteiger partial charge in [0.2, 0.25) is 0 Å². The van der Waals surface area contributed by atoms with Gasteiger partial charge in [0.05, 0.1) is 5.02 Å². The molecule has 1 rings (SSSR count). The lowest BCUT2D eigenvalue weighted by atomic mass is 10.4. The number of halogens is 3. The van der Waals surface area contributed by atoms with Crippen molar-refractivity contribution in [2.24, 2.45) is 0 Å². The number of rotatable bonds is 0. The molecule has 0 bridgehead atoms. The molecule has 0 heterocycles. The predicted molar refractivity (Wildman–Crippen MR) is 54.1 cm³/mol. The first-order chi connectivity index (χ1) is 4.61. The molecule has 0 aromatic heterocycles. The van der Waals surface area contributed by atoms with Crippen molar-refractivity contribution in [2.45, 2.75) is 4.90 Å². The van der Waals surface area contributed by atoms with E-state index in [-0.39, 0.29) is 0 Å². The quantitative estimate of drug-likeness (QED) is 0.540. The molecule has 0 saturated carbocycles. The van der Waals surface area contributed by atoms with Crippen molar-refractivity contribution >= 4 is 56.1 Å². The van der Waals surface area contributed by atoms with Gasteiger partial charge in [0, 0.05) is 13.8 Å². The SMILES string of the molecule is Sc1cc(Cl)c(Br)cc1Br. The zero-order chi connectivity index (χ0) is 7.72. The number of hydrogen-bond donors (Lipinski definition) is 1. The summed E-state index contributed by atoms with van der Waals surface area (Å²) in [6.45, 7) is 0. The van der Waals surface area contributed by atoms with E-state index in [0.29, 0.717) is 5.02 Å². The van der Waals surface area contributed by atoms with Crippen LogP contribution in [0.3, 0.4) is 0 Å². The molecule has 1 aromatic carbocycles. The van der Waals surface area contributed by atoms with E-state index < -0.39 is 0 Å². The van der Waals surface area contributed by atoms with E-state index in [9.17, 15) is 0 Å². The van der Waals surface area contributed by atoms with Gasteiger partial charge in [-0.1, -0.05) is 11.6 Å². The smallest absolute Gasteiger partial charge is 0.0559 e. The van der Waals surface area contributed by atoms with Gasteiger partial charge in [-0.15, -0.1) is 12.6 Å². The average molecular weight is 302 g/mol. The van der Waals surface area contributed by atoms with Gasteiger partial charge in [-0.25, -0.2) is 0 Å². The third-order valence-corrected chi connectivity index (χ3v) is 3.52. The largest absolute Gasteiger partial charge is 0.142 e. The Balaban J connectivity index is 3.28. The Morgan fingerprint density at radius 1 is 1.20 bits per heavy atom. The van der Waals surface area contributed by atoms with E-state index in [2.05, 4.69) is 44.5 Å². The van der Waals surface area contributed by atoms with Gasteiger partial charge in [-0.05, 0) is 44.0 Å². The molecule has 10 heavy (non-hydrogen) atoms. The van der Waals surface area contributed by atoms with Crippen LogP contribution in [0, 0.1) is 0 Å². The molecule has 0 fully saturated rings. The maximum atomic E-state index is 5.77. The fourth-order valence-corrected chi connectivity index (χ4v) is 1.94. The molecule has 0 aliphatic rings. The minimum absolute atomic E-state index is 0.674. The highest BCUT2D eigenvalue weighted by Gasteiger charge is 2.00. The first-order valence-corrected chi connectivity index (χ1v) is 4.86. The Morgan fingerprint density at radius 2 is 1.80 bits per heavy atom. The van der Waals surface area contributed by atoms with Gasteiger partial charge in [-0.3, -0.25) is 0 Å². The van der Waals surface area contributed by atoms with Crippen LogP contribution < -0.4 is 0 Å². The molecule has 4 heteroatoms. The van der Waals surface area contributed by atoms with Crippen LogP contribution in [-0.4, -0.2) is 0 Å². The highest BCUT2D eigenvalue weighted by molar-refractivity contribution is 9.11. The van der Waals surface area contributed by atoms with Gasteiger partial charge >= 0.3 is 0 Å². The summed E-state index contributed by atoms with van der Waals surface area (Å²) in [5.41, 5.74) is 0. The molecule has 0 aliphatic heterocycles. The van der Waals surface area contributed by atoms with E-state index in [1.165, 1.54) is 0 Å². The lowest BCUT2D eigenvalue weighted by molar-refractivity contribution is 1.40. The summed E-state index contributed by atoms with van der Waals surface area (Å²) in [5.74, 6) is 0. The van der Waals surface area contributed by atoms with Crippen LogP contribution in [-0.2, 0) is 0 Å². The first kappa shape index (κ1) is 8.91. The zero-order valence-corrected chi connectivity index (χ0v) is 9.56. The lowest BCUT2D eigenvalue weighted by Crippen LogP contribution is -1.72.